The smallest absolute Gasteiger partial charge is 0.326 e. The van der Waals surface area contributed by atoms with Gasteiger partial charge in [-0.1, -0.05) is 6.07 Å². The number of halogens is 4. The summed E-state index contributed by atoms with van der Waals surface area (Å²) >= 11 is 0. The zero-order chi connectivity index (χ0) is 15.6. The van der Waals surface area contributed by atoms with Crippen LogP contribution in [0.4, 0.5) is 17.6 Å². The van der Waals surface area contributed by atoms with Crippen molar-refractivity contribution in [3.05, 3.63) is 29.6 Å². The highest BCUT2D eigenvalue weighted by atomic mass is 32.2. The summed E-state index contributed by atoms with van der Waals surface area (Å²) in [7, 11) is -4.27. The molecule has 1 aromatic carbocycles. The summed E-state index contributed by atoms with van der Waals surface area (Å²) in [6.07, 6.45) is -5.82. The van der Waals surface area contributed by atoms with Crippen LogP contribution in [0.25, 0.3) is 0 Å². The lowest BCUT2D eigenvalue weighted by Crippen LogP contribution is -2.36. The van der Waals surface area contributed by atoms with E-state index in [9.17, 15) is 26.0 Å². The Morgan fingerprint density at radius 2 is 1.95 bits per heavy atom. The van der Waals surface area contributed by atoms with Crippen LogP contribution in [0.2, 0.25) is 0 Å². The molecule has 0 fully saturated rings. The van der Waals surface area contributed by atoms with Gasteiger partial charge < -0.3 is 5.73 Å². The molecular formula is C11H14F4N2O2S. The zero-order valence-corrected chi connectivity index (χ0v) is 11.4. The summed E-state index contributed by atoms with van der Waals surface area (Å²) in [5, 5.41) is 0. The predicted molar refractivity (Wildman–Crippen MR) is 64.7 cm³/mol. The molecule has 0 aliphatic rings. The van der Waals surface area contributed by atoms with Crippen molar-refractivity contribution in [2.75, 3.05) is 0 Å². The molecule has 0 aliphatic heterocycles. The SMILES string of the molecule is CC(CC(F)(F)F)NS(=O)(=O)c1cccc(F)c1CN. The number of rotatable bonds is 5. The highest BCUT2D eigenvalue weighted by Crippen LogP contribution is 2.23. The fourth-order valence-electron chi connectivity index (χ4n) is 1.71. The molecule has 9 heteroatoms. The van der Waals surface area contributed by atoms with Crippen LogP contribution in [0, 0.1) is 5.82 Å². The lowest BCUT2D eigenvalue weighted by molar-refractivity contribution is -0.137. The second kappa shape index (κ2) is 6.06. The summed E-state index contributed by atoms with van der Waals surface area (Å²) in [5.41, 5.74) is 5.00. The van der Waals surface area contributed by atoms with Gasteiger partial charge in [-0.15, -0.1) is 0 Å². The van der Waals surface area contributed by atoms with Gasteiger partial charge in [-0.3, -0.25) is 0 Å². The highest BCUT2D eigenvalue weighted by molar-refractivity contribution is 7.89. The van der Waals surface area contributed by atoms with E-state index >= 15 is 0 Å². The van der Waals surface area contributed by atoms with Gasteiger partial charge in [0.15, 0.2) is 0 Å². The van der Waals surface area contributed by atoms with Gasteiger partial charge in [-0.25, -0.2) is 17.5 Å². The number of alkyl halides is 3. The van der Waals surface area contributed by atoms with Gasteiger partial charge in [0.2, 0.25) is 10.0 Å². The molecule has 0 amide bonds. The molecule has 20 heavy (non-hydrogen) atoms. The predicted octanol–water partition coefficient (Wildman–Crippen LogP) is 1.90. The van der Waals surface area contributed by atoms with Crippen LogP contribution in [0.5, 0.6) is 0 Å². The van der Waals surface area contributed by atoms with Crippen molar-refractivity contribution < 1.29 is 26.0 Å². The van der Waals surface area contributed by atoms with Gasteiger partial charge in [0.05, 0.1) is 11.3 Å². The van der Waals surface area contributed by atoms with E-state index in [1.807, 2.05) is 4.72 Å². The Kier molecular flexibility index (Phi) is 5.11. The Morgan fingerprint density at radius 1 is 1.35 bits per heavy atom. The molecule has 0 radical (unpaired) electrons. The van der Waals surface area contributed by atoms with Gasteiger partial charge in [0, 0.05) is 18.2 Å². The van der Waals surface area contributed by atoms with Crippen molar-refractivity contribution in [2.24, 2.45) is 5.73 Å². The minimum Gasteiger partial charge on any atom is -0.326 e. The summed E-state index contributed by atoms with van der Waals surface area (Å²) < 4.78 is 75.8. The van der Waals surface area contributed by atoms with Crippen molar-refractivity contribution in [3.8, 4) is 0 Å². The van der Waals surface area contributed by atoms with Gasteiger partial charge in [0.25, 0.3) is 0 Å². The first-order valence-corrected chi connectivity index (χ1v) is 7.11. The van der Waals surface area contributed by atoms with E-state index in [2.05, 4.69) is 0 Å². The summed E-state index contributed by atoms with van der Waals surface area (Å²) in [6, 6.07) is 1.90. The van der Waals surface area contributed by atoms with Gasteiger partial charge in [-0.2, -0.15) is 13.2 Å². The highest BCUT2D eigenvalue weighted by Gasteiger charge is 2.32. The Morgan fingerprint density at radius 3 is 2.45 bits per heavy atom. The van der Waals surface area contributed by atoms with Gasteiger partial charge >= 0.3 is 6.18 Å². The first kappa shape index (κ1) is 16.9. The van der Waals surface area contributed by atoms with Crippen LogP contribution >= 0.6 is 0 Å². The fourth-order valence-corrected chi connectivity index (χ4v) is 3.21. The maximum Gasteiger partial charge on any atom is 0.390 e. The standard InChI is InChI=1S/C11H14F4N2O2S/c1-7(5-11(13,14)15)17-20(18,19)10-4-2-3-9(12)8(10)6-16/h2-4,7,17H,5-6,16H2,1H3. The lowest BCUT2D eigenvalue weighted by Gasteiger charge is -2.17. The number of hydrogen-bond acceptors (Lipinski definition) is 3. The van der Waals surface area contributed by atoms with E-state index in [1.165, 1.54) is 0 Å². The largest absolute Gasteiger partial charge is 0.390 e. The summed E-state index contributed by atoms with van der Waals surface area (Å²) in [5.74, 6) is -0.821. The molecule has 1 aromatic rings. The number of nitrogens with two attached hydrogens (primary N) is 1. The summed E-state index contributed by atoms with van der Waals surface area (Å²) in [6.45, 7) is 0.697. The number of nitrogens with one attached hydrogen (secondary N) is 1. The van der Waals surface area contributed by atoms with Crippen molar-refractivity contribution in [2.45, 2.75) is 37.0 Å². The molecule has 0 saturated carbocycles. The first-order chi connectivity index (χ1) is 9.07. The molecule has 114 valence electrons. The normalized spacial score (nSPS) is 14.3. The van der Waals surface area contributed by atoms with Crippen LogP contribution in [-0.4, -0.2) is 20.6 Å². The third-order valence-electron chi connectivity index (χ3n) is 2.46. The maximum absolute atomic E-state index is 13.4. The maximum atomic E-state index is 13.4. The molecule has 3 N–H and O–H groups in total. The number of hydrogen-bond donors (Lipinski definition) is 2. The molecule has 0 heterocycles. The molecule has 0 aromatic heterocycles. The molecule has 0 aliphatic carbocycles. The molecule has 0 saturated heterocycles. The van der Waals surface area contributed by atoms with Crippen molar-refractivity contribution in [1.82, 2.24) is 4.72 Å². The third kappa shape index (κ3) is 4.43. The average molecular weight is 314 g/mol. The van der Waals surface area contributed by atoms with Crippen LogP contribution in [0.3, 0.4) is 0 Å². The molecule has 1 unspecified atom stereocenters. The number of benzene rings is 1. The van der Waals surface area contributed by atoms with Crippen LogP contribution in [-0.2, 0) is 16.6 Å². The molecular weight excluding hydrogens is 300 g/mol. The number of sulfonamides is 1. The topological polar surface area (TPSA) is 72.2 Å². The van der Waals surface area contributed by atoms with Crippen molar-refractivity contribution in [1.29, 1.82) is 0 Å². The molecule has 1 atom stereocenters. The fraction of sp³-hybridized carbons (Fsp3) is 0.455. The first-order valence-electron chi connectivity index (χ1n) is 5.63. The minimum absolute atomic E-state index is 0.265. The van der Waals surface area contributed by atoms with Crippen LogP contribution in [0.15, 0.2) is 23.1 Å². The van der Waals surface area contributed by atoms with E-state index in [0.717, 1.165) is 25.1 Å². The monoisotopic (exact) mass is 314 g/mol. The van der Waals surface area contributed by atoms with E-state index in [4.69, 9.17) is 5.73 Å². The average Bonchev–Trinajstić information content (AvgIpc) is 2.24. The zero-order valence-electron chi connectivity index (χ0n) is 10.5. The Hall–Kier alpha value is -1.19. The third-order valence-corrected chi connectivity index (χ3v) is 4.14. The minimum atomic E-state index is -4.50. The quantitative estimate of drug-likeness (QED) is 0.815. The Bertz CT molecular complexity index is 572. The van der Waals surface area contributed by atoms with Crippen molar-refractivity contribution in [3.63, 3.8) is 0 Å². The second-order valence-electron chi connectivity index (χ2n) is 4.26. The van der Waals surface area contributed by atoms with Gasteiger partial charge in [-0.05, 0) is 19.1 Å². The summed E-state index contributed by atoms with van der Waals surface area (Å²) in [4.78, 5) is -0.450. The van der Waals surface area contributed by atoms with Gasteiger partial charge in [0.1, 0.15) is 5.82 Å². The molecule has 0 spiro atoms. The Labute approximate surface area is 114 Å². The van der Waals surface area contributed by atoms with E-state index < -0.39 is 39.4 Å². The van der Waals surface area contributed by atoms with E-state index in [0.29, 0.717) is 0 Å². The van der Waals surface area contributed by atoms with E-state index in [1.54, 1.807) is 0 Å². The molecule has 0 bridgehead atoms. The Balaban J connectivity index is 3.04. The van der Waals surface area contributed by atoms with Crippen molar-refractivity contribution >= 4 is 10.0 Å². The van der Waals surface area contributed by atoms with Crippen LogP contribution in [0.1, 0.15) is 18.9 Å². The molecule has 4 nitrogen and oxygen atoms in total. The van der Waals surface area contributed by atoms with E-state index in [-0.39, 0.29) is 12.1 Å². The molecule has 1 rings (SSSR count). The lowest BCUT2D eigenvalue weighted by atomic mass is 10.2. The van der Waals surface area contributed by atoms with Crippen LogP contribution < -0.4 is 10.5 Å². The second-order valence-corrected chi connectivity index (χ2v) is 5.94.